The quantitative estimate of drug-likeness (QED) is 0.576. The summed E-state index contributed by atoms with van der Waals surface area (Å²) in [6.07, 6.45) is 5.27. The predicted molar refractivity (Wildman–Crippen MR) is 105 cm³/mol. The van der Waals surface area contributed by atoms with Crippen LogP contribution in [0.4, 0.5) is 0 Å². The van der Waals surface area contributed by atoms with Crippen LogP contribution < -0.4 is 9.47 Å². The Morgan fingerprint density at radius 3 is 2.54 bits per heavy atom. The average Bonchev–Trinajstić information content (AvgIpc) is 3.21. The molecule has 28 heavy (non-hydrogen) atoms. The molecule has 6 heteroatoms. The molecule has 1 saturated carbocycles. The highest BCUT2D eigenvalue weighted by Gasteiger charge is 2.40. The molecule has 3 rings (SSSR count). The third-order valence-electron chi connectivity index (χ3n) is 5.26. The molecule has 1 aliphatic heterocycles. The normalized spacial score (nSPS) is 19.4. The summed E-state index contributed by atoms with van der Waals surface area (Å²) in [6.45, 7) is 4.06. The number of carbonyl (C=O) groups excluding carboxylic acids is 2. The summed E-state index contributed by atoms with van der Waals surface area (Å²) in [5.41, 5.74) is 1.56. The highest BCUT2D eigenvalue weighted by Crippen LogP contribution is 2.34. The molecule has 0 radical (unpaired) electrons. The van der Waals surface area contributed by atoms with E-state index < -0.39 is 5.91 Å². The third-order valence-corrected chi connectivity index (χ3v) is 5.26. The Morgan fingerprint density at radius 1 is 1.21 bits per heavy atom. The third kappa shape index (κ3) is 3.53. The lowest BCUT2D eigenvalue weighted by Gasteiger charge is -2.32. The fraction of sp³-hybridized carbons (Fsp3) is 0.409. The lowest BCUT2D eigenvalue weighted by atomic mass is 9.92. The Labute approximate surface area is 165 Å². The number of hydrogen-bond acceptors (Lipinski definition) is 5. The lowest BCUT2D eigenvalue weighted by molar-refractivity contribution is -0.143. The van der Waals surface area contributed by atoms with Gasteiger partial charge in [0.2, 0.25) is 0 Å². The van der Waals surface area contributed by atoms with Crippen LogP contribution in [0.1, 0.15) is 45.1 Å². The SMILES string of the molecule is CCOc1ccc(/C=C2/C(=O)N(C3CCCC3)C(=O)C(C#N)=C2C)cc1OC. The fourth-order valence-electron chi connectivity index (χ4n) is 3.81. The summed E-state index contributed by atoms with van der Waals surface area (Å²) in [5.74, 6) is 0.375. The van der Waals surface area contributed by atoms with E-state index in [1.165, 1.54) is 4.90 Å². The zero-order valence-electron chi connectivity index (χ0n) is 16.4. The van der Waals surface area contributed by atoms with Crippen LogP contribution in [-0.4, -0.2) is 36.5 Å². The van der Waals surface area contributed by atoms with Gasteiger partial charge in [-0.1, -0.05) is 18.9 Å². The number of nitriles is 1. The Hall–Kier alpha value is -3.07. The van der Waals surface area contributed by atoms with Crippen molar-refractivity contribution in [3.63, 3.8) is 0 Å². The van der Waals surface area contributed by atoms with Crippen LogP contribution in [0, 0.1) is 11.3 Å². The van der Waals surface area contributed by atoms with Crippen molar-refractivity contribution in [3.05, 3.63) is 40.5 Å². The van der Waals surface area contributed by atoms with Crippen molar-refractivity contribution in [2.75, 3.05) is 13.7 Å². The highest BCUT2D eigenvalue weighted by atomic mass is 16.5. The molecule has 1 aromatic carbocycles. The van der Waals surface area contributed by atoms with Gasteiger partial charge in [0, 0.05) is 11.6 Å². The maximum Gasteiger partial charge on any atom is 0.271 e. The smallest absolute Gasteiger partial charge is 0.271 e. The van der Waals surface area contributed by atoms with E-state index in [2.05, 4.69) is 0 Å². The fourth-order valence-corrected chi connectivity index (χ4v) is 3.81. The van der Waals surface area contributed by atoms with Crippen LogP contribution in [0.3, 0.4) is 0 Å². The van der Waals surface area contributed by atoms with E-state index in [0.717, 1.165) is 31.2 Å². The molecular formula is C22H24N2O4. The largest absolute Gasteiger partial charge is 0.493 e. The second-order valence-electron chi connectivity index (χ2n) is 6.93. The summed E-state index contributed by atoms with van der Waals surface area (Å²) in [6, 6.07) is 7.25. The van der Waals surface area contributed by atoms with Crippen molar-refractivity contribution in [3.8, 4) is 17.6 Å². The van der Waals surface area contributed by atoms with Crippen LogP contribution >= 0.6 is 0 Å². The summed E-state index contributed by atoms with van der Waals surface area (Å²) in [4.78, 5) is 27.2. The van der Waals surface area contributed by atoms with Gasteiger partial charge in [0.25, 0.3) is 11.8 Å². The first-order valence-electron chi connectivity index (χ1n) is 9.53. The summed E-state index contributed by atoms with van der Waals surface area (Å²) >= 11 is 0. The first-order chi connectivity index (χ1) is 13.5. The number of rotatable bonds is 5. The second kappa shape index (κ2) is 8.30. The molecule has 0 N–H and O–H groups in total. The lowest BCUT2D eigenvalue weighted by Crippen LogP contribution is -2.47. The molecule has 146 valence electrons. The molecule has 0 unspecified atom stereocenters. The van der Waals surface area contributed by atoms with Gasteiger partial charge in [0.15, 0.2) is 11.5 Å². The van der Waals surface area contributed by atoms with Gasteiger partial charge in [0.05, 0.1) is 13.7 Å². The Morgan fingerprint density at radius 2 is 1.93 bits per heavy atom. The molecule has 2 amide bonds. The minimum atomic E-state index is -0.474. The molecule has 0 bridgehead atoms. The standard InChI is InChI=1S/C22H24N2O4/c1-4-28-19-10-9-15(12-20(19)27-3)11-17-14(2)18(13-23)22(26)24(21(17)25)16-7-5-6-8-16/h9-12,16H,4-8H2,1-3H3/b17-11+. The number of nitrogens with zero attached hydrogens (tertiary/aromatic N) is 2. The van der Waals surface area contributed by atoms with Crippen LogP contribution in [0.25, 0.3) is 6.08 Å². The Kier molecular flexibility index (Phi) is 5.84. The summed E-state index contributed by atoms with van der Waals surface area (Å²) < 4.78 is 10.9. The number of methoxy groups -OCH3 is 1. The average molecular weight is 380 g/mol. The molecule has 2 aliphatic rings. The molecule has 0 aromatic heterocycles. The number of hydrogen-bond donors (Lipinski definition) is 0. The van der Waals surface area contributed by atoms with Crippen molar-refractivity contribution >= 4 is 17.9 Å². The van der Waals surface area contributed by atoms with Crippen molar-refractivity contribution in [1.82, 2.24) is 4.90 Å². The highest BCUT2D eigenvalue weighted by molar-refractivity contribution is 6.19. The van der Waals surface area contributed by atoms with Gasteiger partial charge in [-0.3, -0.25) is 14.5 Å². The topological polar surface area (TPSA) is 79.6 Å². The van der Waals surface area contributed by atoms with Gasteiger partial charge in [-0.2, -0.15) is 5.26 Å². The van der Waals surface area contributed by atoms with E-state index in [9.17, 15) is 14.9 Å². The number of benzene rings is 1. The van der Waals surface area contributed by atoms with Crippen molar-refractivity contribution in [2.24, 2.45) is 0 Å². The van der Waals surface area contributed by atoms with Crippen LogP contribution in [-0.2, 0) is 9.59 Å². The second-order valence-corrected chi connectivity index (χ2v) is 6.93. The van der Waals surface area contributed by atoms with E-state index >= 15 is 0 Å². The maximum atomic E-state index is 13.2. The zero-order chi connectivity index (χ0) is 20.3. The number of ether oxygens (including phenoxy) is 2. The first kappa shape index (κ1) is 19.7. The van der Waals surface area contributed by atoms with Crippen molar-refractivity contribution in [1.29, 1.82) is 5.26 Å². The predicted octanol–water partition coefficient (Wildman–Crippen LogP) is 3.63. The van der Waals surface area contributed by atoms with Crippen LogP contribution in [0.2, 0.25) is 0 Å². The van der Waals surface area contributed by atoms with E-state index in [1.54, 1.807) is 32.2 Å². The molecular weight excluding hydrogens is 356 g/mol. The molecule has 1 aliphatic carbocycles. The van der Waals surface area contributed by atoms with Gasteiger partial charge in [-0.15, -0.1) is 0 Å². The minimum Gasteiger partial charge on any atom is -0.493 e. The van der Waals surface area contributed by atoms with E-state index in [4.69, 9.17) is 9.47 Å². The zero-order valence-corrected chi connectivity index (χ0v) is 16.4. The Bertz CT molecular complexity index is 902. The monoisotopic (exact) mass is 380 g/mol. The van der Waals surface area contributed by atoms with Gasteiger partial charge < -0.3 is 9.47 Å². The van der Waals surface area contributed by atoms with E-state index in [1.807, 2.05) is 19.1 Å². The summed E-state index contributed by atoms with van der Waals surface area (Å²) in [5, 5.41) is 9.51. The van der Waals surface area contributed by atoms with E-state index in [-0.39, 0.29) is 17.5 Å². The minimum absolute atomic E-state index is 0.0376. The van der Waals surface area contributed by atoms with Gasteiger partial charge >= 0.3 is 0 Å². The number of imide groups is 1. The first-order valence-corrected chi connectivity index (χ1v) is 9.53. The number of carbonyl (C=O) groups is 2. The van der Waals surface area contributed by atoms with Crippen LogP contribution in [0.15, 0.2) is 34.9 Å². The molecule has 0 atom stereocenters. The molecule has 6 nitrogen and oxygen atoms in total. The molecule has 1 fully saturated rings. The molecule has 1 aromatic rings. The van der Waals surface area contributed by atoms with Crippen molar-refractivity contribution < 1.29 is 19.1 Å². The number of amides is 2. The summed E-state index contributed by atoms with van der Waals surface area (Å²) in [7, 11) is 1.56. The van der Waals surface area contributed by atoms with Gasteiger partial charge in [0.1, 0.15) is 11.6 Å². The van der Waals surface area contributed by atoms with Crippen LogP contribution in [0.5, 0.6) is 11.5 Å². The molecule has 0 spiro atoms. The molecule has 0 saturated heterocycles. The van der Waals surface area contributed by atoms with Gasteiger partial charge in [-0.05, 0) is 56.0 Å². The Balaban J connectivity index is 2.06. The van der Waals surface area contributed by atoms with Crippen molar-refractivity contribution in [2.45, 2.75) is 45.6 Å². The maximum absolute atomic E-state index is 13.2. The molecule has 1 heterocycles. The van der Waals surface area contributed by atoms with Gasteiger partial charge in [-0.25, -0.2) is 0 Å². The van der Waals surface area contributed by atoms with E-state index in [0.29, 0.717) is 29.3 Å².